The lowest BCUT2D eigenvalue weighted by Gasteiger charge is -2.37. The number of hydrogen-bond acceptors (Lipinski definition) is 4. The Kier molecular flexibility index (Phi) is 2.77. The first-order valence-electron chi connectivity index (χ1n) is 7.86. The van der Waals surface area contributed by atoms with Crippen molar-refractivity contribution in [1.82, 2.24) is 0 Å². The van der Waals surface area contributed by atoms with E-state index in [-0.39, 0.29) is 5.41 Å². The molecule has 4 heteroatoms. The van der Waals surface area contributed by atoms with Gasteiger partial charge in [0, 0.05) is 11.1 Å². The average molecular weight is 310 g/mol. The van der Waals surface area contributed by atoms with E-state index in [0.717, 1.165) is 12.0 Å². The number of carbonyl (C=O) groups excluding carboxylic acids is 2. The number of fused-ring (bicyclic) bond motifs is 5. The van der Waals surface area contributed by atoms with Gasteiger partial charge in [0.05, 0.1) is 17.9 Å². The summed E-state index contributed by atoms with van der Waals surface area (Å²) in [6.07, 6.45) is 2.21. The fourth-order valence-electron chi connectivity index (χ4n) is 3.92. The molecule has 0 amide bonds. The van der Waals surface area contributed by atoms with Crippen molar-refractivity contribution in [1.29, 1.82) is 0 Å². The molecule has 4 nitrogen and oxygen atoms in total. The molecule has 1 heterocycles. The molecule has 0 saturated carbocycles. The minimum Gasteiger partial charge on any atom is -0.463 e. The number of Topliss-reactive ketones (excluding diaryl/α,β-unsaturated/α-hetero) is 2. The summed E-state index contributed by atoms with van der Waals surface area (Å²) < 4.78 is 5.56. The second-order valence-electron chi connectivity index (χ2n) is 7.17. The topological polar surface area (TPSA) is 67.5 Å². The van der Waals surface area contributed by atoms with Gasteiger partial charge in [0.15, 0.2) is 0 Å². The van der Waals surface area contributed by atoms with Crippen molar-refractivity contribution in [2.75, 3.05) is 0 Å². The Bertz CT molecular complexity index is 870. The standard InChI is InChI=1S/C19H18O4/c1-9-8-23-18-10-4-5-11-15(12(20)6-7-19(11,2)3)14(10)17(22)16(21)13(9)18/h4-5,8,12,20H,6-7H2,1-3H3. The van der Waals surface area contributed by atoms with Gasteiger partial charge >= 0.3 is 0 Å². The van der Waals surface area contributed by atoms with Crippen LogP contribution in [0.25, 0.3) is 11.3 Å². The van der Waals surface area contributed by atoms with Crippen LogP contribution in [0.4, 0.5) is 0 Å². The minimum absolute atomic E-state index is 0.133. The van der Waals surface area contributed by atoms with E-state index in [2.05, 4.69) is 13.8 Å². The van der Waals surface area contributed by atoms with Crippen molar-refractivity contribution < 1.29 is 19.1 Å². The van der Waals surface area contributed by atoms with Crippen molar-refractivity contribution in [3.8, 4) is 11.3 Å². The summed E-state index contributed by atoms with van der Waals surface area (Å²) in [7, 11) is 0. The van der Waals surface area contributed by atoms with E-state index >= 15 is 0 Å². The summed E-state index contributed by atoms with van der Waals surface area (Å²) >= 11 is 0. The maximum Gasteiger partial charge on any atom is 0.237 e. The van der Waals surface area contributed by atoms with E-state index in [0.29, 0.717) is 40.0 Å². The van der Waals surface area contributed by atoms with Crippen molar-refractivity contribution in [3.05, 3.63) is 46.2 Å². The normalized spacial score (nSPS) is 21.7. The van der Waals surface area contributed by atoms with E-state index in [1.54, 1.807) is 6.92 Å². The molecule has 0 saturated heterocycles. The van der Waals surface area contributed by atoms with Gasteiger partial charge in [-0.05, 0) is 41.9 Å². The Hall–Kier alpha value is -2.20. The third kappa shape index (κ3) is 1.75. The van der Waals surface area contributed by atoms with Gasteiger partial charge in [0.25, 0.3) is 0 Å². The zero-order valence-electron chi connectivity index (χ0n) is 13.4. The first-order valence-corrected chi connectivity index (χ1v) is 7.86. The molecule has 0 aliphatic heterocycles. The second-order valence-corrected chi connectivity index (χ2v) is 7.17. The Morgan fingerprint density at radius 1 is 1.17 bits per heavy atom. The second kappa shape index (κ2) is 4.42. The molecule has 1 atom stereocenters. The predicted molar refractivity (Wildman–Crippen MR) is 84.8 cm³/mol. The van der Waals surface area contributed by atoms with Crippen molar-refractivity contribution in [2.45, 2.75) is 45.1 Å². The van der Waals surface area contributed by atoms with Gasteiger partial charge in [-0.2, -0.15) is 0 Å². The van der Waals surface area contributed by atoms with E-state index in [9.17, 15) is 14.7 Å². The first-order chi connectivity index (χ1) is 10.8. The Morgan fingerprint density at radius 2 is 1.87 bits per heavy atom. The van der Waals surface area contributed by atoms with Crippen LogP contribution in [-0.2, 0) is 5.41 Å². The van der Waals surface area contributed by atoms with Gasteiger partial charge in [-0.1, -0.05) is 26.0 Å². The lowest BCUT2D eigenvalue weighted by atomic mass is 9.68. The summed E-state index contributed by atoms with van der Waals surface area (Å²) in [6, 6.07) is 3.81. The third-order valence-corrected chi connectivity index (χ3v) is 5.23. The summed E-state index contributed by atoms with van der Waals surface area (Å²) in [6.45, 7) is 5.96. The SMILES string of the molecule is Cc1coc2c1C(=O)C(=O)c1c-2ccc2c1C(O)CCC2(C)C. The van der Waals surface area contributed by atoms with Crippen molar-refractivity contribution >= 4 is 11.6 Å². The number of rotatable bonds is 0. The zero-order valence-corrected chi connectivity index (χ0v) is 13.4. The maximum atomic E-state index is 12.8. The largest absolute Gasteiger partial charge is 0.463 e. The number of furan rings is 1. The molecule has 1 N–H and O–H groups in total. The highest BCUT2D eigenvalue weighted by atomic mass is 16.3. The lowest BCUT2D eigenvalue weighted by Crippen LogP contribution is -2.31. The summed E-state index contributed by atoms with van der Waals surface area (Å²) in [5, 5.41) is 10.5. The van der Waals surface area contributed by atoms with Crippen molar-refractivity contribution in [3.63, 3.8) is 0 Å². The number of hydrogen-bond donors (Lipinski definition) is 1. The molecule has 0 bridgehead atoms. The number of carbonyl (C=O) groups is 2. The van der Waals surface area contributed by atoms with Crippen LogP contribution in [0.3, 0.4) is 0 Å². The smallest absolute Gasteiger partial charge is 0.237 e. The number of ketones is 2. The van der Waals surface area contributed by atoms with Crippen LogP contribution in [-0.4, -0.2) is 16.7 Å². The molecule has 1 aromatic heterocycles. The van der Waals surface area contributed by atoms with Crippen LogP contribution in [0.5, 0.6) is 0 Å². The molecule has 0 radical (unpaired) electrons. The third-order valence-electron chi connectivity index (χ3n) is 5.23. The number of aryl methyl sites for hydroxylation is 1. The van der Waals surface area contributed by atoms with Crippen LogP contribution in [0.2, 0.25) is 0 Å². The summed E-state index contributed by atoms with van der Waals surface area (Å²) in [5.74, 6) is -0.631. The van der Waals surface area contributed by atoms with E-state index in [1.807, 2.05) is 12.1 Å². The molecule has 2 aliphatic rings. The molecule has 0 fully saturated rings. The Labute approximate surface area is 134 Å². The molecule has 2 aliphatic carbocycles. The van der Waals surface area contributed by atoms with Gasteiger partial charge < -0.3 is 9.52 Å². The number of benzene rings is 1. The Morgan fingerprint density at radius 3 is 2.61 bits per heavy atom. The van der Waals surface area contributed by atoms with Gasteiger partial charge in [-0.25, -0.2) is 0 Å². The molecule has 118 valence electrons. The van der Waals surface area contributed by atoms with E-state index in [4.69, 9.17) is 4.42 Å². The molecule has 0 spiro atoms. The average Bonchev–Trinajstić information content (AvgIpc) is 2.90. The van der Waals surface area contributed by atoms with Crippen LogP contribution >= 0.6 is 0 Å². The first kappa shape index (κ1) is 14.4. The lowest BCUT2D eigenvalue weighted by molar-refractivity contribution is 0.0807. The molecule has 1 unspecified atom stereocenters. The fraction of sp³-hybridized carbons (Fsp3) is 0.368. The highest BCUT2D eigenvalue weighted by Crippen LogP contribution is 2.47. The number of aliphatic hydroxyl groups excluding tert-OH is 1. The van der Waals surface area contributed by atoms with E-state index < -0.39 is 17.7 Å². The molecular formula is C19H18O4. The molecule has 4 rings (SSSR count). The number of aliphatic hydroxyl groups is 1. The Balaban J connectivity index is 2.10. The van der Waals surface area contributed by atoms with Gasteiger partial charge in [0.2, 0.25) is 11.6 Å². The molecular weight excluding hydrogens is 292 g/mol. The summed E-state index contributed by atoms with van der Waals surface area (Å²) in [4.78, 5) is 25.3. The minimum atomic E-state index is -0.720. The van der Waals surface area contributed by atoms with Gasteiger partial charge in [0.1, 0.15) is 5.76 Å². The highest BCUT2D eigenvalue weighted by Gasteiger charge is 2.41. The molecule has 2 aromatic rings. The van der Waals surface area contributed by atoms with Gasteiger partial charge in [-0.3, -0.25) is 9.59 Å². The van der Waals surface area contributed by atoms with E-state index in [1.165, 1.54) is 6.26 Å². The van der Waals surface area contributed by atoms with Crippen LogP contribution in [0.15, 0.2) is 22.8 Å². The predicted octanol–water partition coefficient (Wildman–Crippen LogP) is 3.74. The molecule has 1 aromatic carbocycles. The van der Waals surface area contributed by atoms with Crippen molar-refractivity contribution in [2.24, 2.45) is 0 Å². The molecule has 23 heavy (non-hydrogen) atoms. The summed E-state index contributed by atoms with van der Waals surface area (Å²) in [5.41, 5.74) is 3.39. The highest BCUT2D eigenvalue weighted by molar-refractivity contribution is 6.53. The van der Waals surface area contributed by atoms with Gasteiger partial charge in [-0.15, -0.1) is 0 Å². The monoisotopic (exact) mass is 310 g/mol. The maximum absolute atomic E-state index is 12.8. The zero-order chi connectivity index (χ0) is 16.5. The van der Waals surface area contributed by atoms with Crippen LogP contribution in [0.1, 0.15) is 70.2 Å². The fourth-order valence-corrected chi connectivity index (χ4v) is 3.92. The van der Waals surface area contributed by atoms with Crippen LogP contribution in [0, 0.1) is 6.92 Å². The van der Waals surface area contributed by atoms with Crippen LogP contribution < -0.4 is 0 Å². The quantitative estimate of drug-likeness (QED) is 0.753.